The number of likely N-dealkylation sites (tertiary alicyclic amines) is 1. The van der Waals surface area contributed by atoms with Crippen LogP contribution in [0.4, 0.5) is 10.5 Å². The van der Waals surface area contributed by atoms with Crippen LogP contribution in [0.25, 0.3) is 0 Å². The highest BCUT2D eigenvalue weighted by Gasteiger charge is 2.23. The van der Waals surface area contributed by atoms with Crippen LogP contribution in [0.1, 0.15) is 26.7 Å². The van der Waals surface area contributed by atoms with Crippen molar-refractivity contribution in [2.75, 3.05) is 32.1 Å². The first-order chi connectivity index (χ1) is 10.1. The van der Waals surface area contributed by atoms with Crippen LogP contribution in [0.5, 0.6) is 0 Å². The monoisotopic (exact) mass is 294 g/mol. The molecule has 1 fully saturated rings. The van der Waals surface area contributed by atoms with Gasteiger partial charge in [0, 0.05) is 38.9 Å². The number of carbonyl (C=O) groups excluding carboxylic acids is 1. The zero-order valence-electron chi connectivity index (χ0n) is 13.2. The SMILES string of the molecule is COCC1CCCN(C(=O)Nc2cnn(CC(C)C)c2)C1. The van der Waals surface area contributed by atoms with Gasteiger partial charge in [-0.3, -0.25) is 4.68 Å². The van der Waals surface area contributed by atoms with Gasteiger partial charge in [-0.1, -0.05) is 13.8 Å². The molecule has 1 unspecified atom stereocenters. The summed E-state index contributed by atoms with van der Waals surface area (Å²) in [5.41, 5.74) is 0.759. The highest BCUT2D eigenvalue weighted by molar-refractivity contribution is 5.89. The summed E-state index contributed by atoms with van der Waals surface area (Å²) in [6, 6.07) is -0.0418. The standard InChI is InChI=1S/C15H26N4O2/c1-12(2)8-19-10-14(7-16-19)17-15(20)18-6-4-5-13(9-18)11-21-3/h7,10,12-13H,4-6,8-9,11H2,1-3H3,(H,17,20). The van der Waals surface area contributed by atoms with Crippen LogP contribution in [0.2, 0.25) is 0 Å². The minimum atomic E-state index is -0.0418. The lowest BCUT2D eigenvalue weighted by Gasteiger charge is -2.32. The first-order valence-electron chi connectivity index (χ1n) is 7.65. The molecule has 2 rings (SSSR count). The average molecular weight is 294 g/mol. The number of nitrogens with zero attached hydrogens (tertiary/aromatic N) is 3. The third-order valence-electron chi connectivity index (χ3n) is 3.65. The molecule has 2 heterocycles. The molecule has 6 heteroatoms. The molecule has 1 aromatic heterocycles. The molecule has 118 valence electrons. The molecule has 0 aromatic carbocycles. The quantitative estimate of drug-likeness (QED) is 0.907. The Morgan fingerprint density at radius 2 is 2.38 bits per heavy atom. The molecule has 1 aromatic rings. The smallest absolute Gasteiger partial charge is 0.321 e. The largest absolute Gasteiger partial charge is 0.384 e. The van der Waals surface area contributed by atoms with Crippen molar-refractivity contribution in [3.05, 3.63) is 12.4 Å². The molecule has 1 aliphatic rings. The Balaban J connectivity index is 1.87. The molecule has 0 saturated carbocycles. The lowest BCUT2D eigenvalue weighted by molar-refractivity contribution is 0.104. The number of carbonyl (C=O) groups is 1. The average Bonchev–Trinajstić information content (AvgIpc) is 2.86. The Morgan fingerprint density at radius 1 is 1.57 bits per heavy atom. The van der Waals surface area contributed by atoms with E-state index >= 15 is 0 Å². The summed E-state index contributed by atoms with van der Waals surface area (Å²) in [6.07, 6.45) is 5.75. The minimum Gasteiger partial charge on any atom is -0.384 e. The van der Waals surface area contributed by atoms with E-state index in [1.165, 1.54) is 0 Å². The van der Waals surface area contributed by atoms with Crippen molar-refractivity contribution in [2.24, 2.45) is 11.8 Å². The Hall–Kier alpha value is -1.56. The summed E-state index contributed by atoms with van der Waals surface area (Å²) < 4.78 is 7.06. The fraction of sp³-hybridized carbons (Fsp3) is 0.733. The number of piperidine rings is 1. The molecule has 0 spiro atoms. The van der Waals surface area contributed by atoms with E-state index < -0.39 is 0 Å². The van der Waals surface area contributed by atoms with Crippen LogP contribution in [0.3, 0.4) is 0 Å². The molecule has 2 amide bonds. The normalized spacial score (nSPS) is 19.0. The van der Waals surface area contributed by atoms with Gasteiger partial charge in [0.15, 0.2) is 0 Å². The van der Waals surface area contributed by atoms with Gasteiger partial charge in [-0.2, -0.15) is 5.10 Å². The van der Waals surface area contributed by atoms with E-state index in [1.54, 1.807) is 13.3 Å². The van der Waals surface area contributed by atoms with E-state index in [0.29, 0.717) is 11.8 Å². The van der Waals surface area contributed by atoms with E-state index in [1.807, 2.05) is 15.8 Å². The number of urea groups is 1. The van der Waals surface area contributed by atoms with Gasteiger partial charge in [0.25, 0.3) is 0 Å². The third-order valence-corrected chi connectivity index (χ3v) is 3.65. The summed E-state index contributed by atoms with van der Waals surface area (Å²) in [5.74, 6) is 0.975. The maximum atomic E-state index is 12.3. The van der Waals surface area contributed by atoms with Crippen molar-refractivity contribution in [1.29, 1.82) is 0 Å². The highest BCUT2D eigenvalue weighted by atomic mass is 16.5. The highest BCUT2D eigenvalue weighted by Crippen LogP contribution is 2.18. The first kappa shape index (κ1) is 15.8. The second-order valence-corrected chi connectivity index (χ2v) is 6.18. The summed E-state index contributed by atoms with van der Waals surface area (Å²) >= 11 is 0. The summed E-state index contributed by atoms with van der Waals surface area (Å²) in [5, 5.41) is 7.19. The molecule has 1 aliphatic heterocycles. The molecule has 21 heavy (non-hydrogen) atoms. The number of nitrogens with one attached hydrogen (secondary N) is 1. The van der Waals surface area contributed by atoms with Crippen molar-refractivity contribution in [3.63, 3.8) is 0 Å². The number of hydrogen-bond donors (Lipinski definition) is 1. The predicted octanol–water partition coefficient (Wildman–Crippen LogP) is 2.43. The number of methoxy groups -OCH3 is 1. The van der Waals surface area contributed by atoms with E-state index in [2.05, 4.69) is 24.3 Å². The van der Waals surface area contributed by atoms with Crippen LogP contribution in [-0.2, 0) is 11.3 Å². The Morgan fingerprint density at radius 3 is 3.10 bits per heavy atom. The van der Waals surface area contributed by atoms with Gasteiger partial charge in [0.1, 0.15) is 0 Å². The second-order valence-electron chi connectivity index (χ2n) is 6.18. The summed E-state index contributed by atoms with van der Waals surface area (Å²) in [7, 11) is 1.71. The number of rotatable bonds is 5. The number of anilines is 1. The van der Waals surface area contributed by atoms with E-state index in [-0.39, 0.29) is 6.03 Å². The van der Waals surface area contributed by atoms with Gasteiger partial charge in [-0.15, -0.1) is 0 Å². The zero-order chi connectivity index (χ0) is 15.2. The van der Waals surface area contributed by atoms with E-state index in [4.69, 9.17) is 4.74 Å². The van der Waals surface area contributed by atoms with Gasteiger partial charge in [0.05, 0.1) is 18.5 Å². The third kappa shape index (κ3) is 4.74. The number of amides is 2. The molecule has 6 nitrogen and oxygen atoms in total. The minimum absolute atomic E-state index is 0.0418. The fourth-order valence-corrected chi connectivity index (χ4v) is 2.73. The number of hydrogen-bond acceptors (Lipinski definition) is 3. The molecule has 1 atom stereocenters. The Kier molecular flexibility index (Phi) is 5.61. The topological polar surface area (TPSA) is 59.4 Å². The number of ether oxygens (including phenoxy) is 1. The van der Waals surface area contributed by atoms with E-state index in [9.17, 15) is 4.79 Å². The van der Waals surface area contributed by atoms with Crippen LogP contribution in [-0.4, -0.2) is 47.5 Å². The van der Waals surface area contributed by atoms with Gasteiger partial charge in [-0.05, 0) is 18.8 Å². The molecule has 1 N–H and O–H groups in total. The molecular formula is C15H26N4O2. The van der Waals surface area contributed by atoms with Gasteiger partial charge >= 0.3 is 6.03 Å². The number of aromatic nitrogens is 2. The Bertz CT molecular complexity index is 456. The van der Waals surface area contributed by atoms with Crippen molar-refractivity contribution in [2.45, 2.75) is 33.2 Å². The molecule has 1 saturated heterocycles. The Labute approximate surface area is 126 Å². The van der Waals surface area contributed by atoms with Gasteiger partial charge in [0.2, 0.25) is 0 Å². The van der Waals surface area contributed by atoms with Crippen molar-refractivity contribution >= 4 is 11.7 Å². The van der Waals surface area contributed by atoms with Crippen LogP contribution >= 0.6 is 0 Å². The van der Waals surface area contributed by atoms with Crippen LogP contribution in [0.15, 0.2) is 12.4 Å². The van der Waals surface area contributed by atoms with Gasteiger partial charge in [-0.25, -0.2) is 4.79 Å². The second kappa shape index (κ2) is 7.45. The van der Waals surface area contributed by atoms with Gasteiger partial charge < -0.3 is 15.0 Å². The molecule has 0 bridgehead atoms. The van der Waals surface area contributed by atoms with Crippen molar-refractivity contribution < 1.29 is 9.53 Å². The lowest BCUT2D eigenvalue weighted by Crippen LogP contribution is -2.43. The predicted molar refractivity (Wildman–Crippen MR) is 82.3 cm³/mol. The van der Waals surface area contributed by atoms with E-state index in [0.717, 1.165) is 44.8 Å². The molecular weight excluding hydrogens is 268 g/mol. The molecule has 0 radical (unpaired) electrons. The molecule has 0 aliphatic carbocycles. The zero-order valence-corrected chi connectivity index (χ0v) is 13.2. The van der Waals surface area contributed by atoms with Crippen molar-refractivity contribution in [1.82, 2.24) is 14.7 Å². The lowest BCUT2D eigenvalue weighted by atomic mass is 9.99. The first-order valence-corrected chi connectivity index (χ1v) is 7.65. The maximum Gasteiger partial charge on any atom is 0.321 e. The summed E-state index contributed by atoms with van der Waals surface area (Å²) in [4.78, 5) is 14.2. The fourth-order valence-electron chi connectivity index (χ4n) is 2.73. The van der Waals surface area contributed by atoms with Crippen molar-refractivity contribution in [3.8, 4) is 0 Å². The van der Waals surface area contributed by atoms with Crippen LogP contribution in [0, 0.1) is 11.8 Å². The maximum absolute atomic E-state index is 12.3. The summed E-state index contributed by atoms with van der Waals surface area (Å²) in [6.45, 7) is 7.44. The van der Waals surface area contributed by atoms with Crippen LogP contribution < -0.4 is 5.32 Å².